The van der Waals surface area contributed by atoms with Gasteiger partial charge in [0.05, 0.1) is 0 Å². The molecule has 1 aliphatic rings. The number of nitrogens with zero attached hydrogens (tertiary/aromatic N) is 3. The maximum Gasteiger partial charge on any atom is 0.287 e. The molecule has 1 aliphatic heterocycles. The van der Waals surface area contributed by atoms with Crippen molar-refractivity contribution in [1.82, 2.24) is 4.98 Å². The van der Waals surface area contributed by atoms with Crippen LogP contribution in [0.1, 0.15) is 13.3 Å². The number of sulfonamides is 1. The molecule has 5 nitrogen and oxygen atoms in total. The maximum absolute atomic E-state index is 12.2. The molecule has 0 spiro atoms. The molecule has 0 aliphatic carbocycles. The normalized spacial score (nSPS) is 16.4. The van der Waals surface area contributed by atoms with Gasteiger partial charge in [0, 0.05) is 18.3 Å². The van der Waals surface area contributed by atoms with Crippen LogP contribution in [0.15, 0.2) is 58.0 Å². The molecule has 0 unspecified atom stereocenters. The lowest BCUT2D eigenvalue weighted by Crippen LogP contribution is -2.32. The third-order valence-electron chi connectivity index (χ3n) is 3.05. The van der Waals surface area contributed by atoms with Crippen LogP contribution in [0.2, 0.25) is 0 Å². The Bertz CT molecular complexity index is 770. The number of hydrogen-bond donors (Lipinski definition) is 0. The second-order valence-electron chi connectivity index (χ2n) is 4.33. The van der Waals surface area contributed by atoms with E-state index in [2.05, 4.69) is 9.38 Å². The molecule has 3 rings (SSSR count). The van der Waals surface area contributed by atoms with E-state index >= 15 is 0 Å². The van der Waals surface area contributed by atoms with Gasteiger partial charge >= 0.3 is 0 Å². The highest BCUT2D eigenvalue weighted by molar-refractivity contribution is 7.90. The Morgan fingerprint density at radius 1 is 1.10 bits per heavy atom. The molecule has 0 amide bonds. The summed E-state index contributed by atoms with van der Waals surface area (Å²) in [5.41, 5.74) is 0.850. The SMILES string of the molecule is CCC1=NS(=O)(=O)c2cccnc2N1c1ccccc1. The van der Waals surface area contributed by atoms with Crippen LogP contribution in [0.3, 0.4) is 0 Å². The van der Waals surface area contributed by atoms with E-state index < -0.39 is 10.0 Å². The van der Waals surface area contributed by atoms with E-state index in [1.165, 1.54) is 6.07 Å². The fourth-order valence-electron chi connectivity index (χ4n) is 2.17. The van der Waals surface area contributed by atoms with Gasteiger partial charge in [0.1, 0.15) is 10.7 Å². The number of anilines is 2. The van der Waals surface area contributed by atoms with Gasteiger partial charge in [-0.15, -0.1) is 4.40 Å². The fourth-order valence-corrected chi connectivity index (χ4v) is 3.39. The largest absolute Gasteiger partial charge is 0.287 e. The van der Waals surface area contributed by atoms with E-state index in [-0.39, 0.29) is 4.90 Å². The number of pyridine rings is 1. The summed E-state index contributed by atoms with van der Waals surface area (Å²) < 4.78 is 28.2. The second kappa shape index (κ2) is 4.72. The van der Waals surface area contributed by atoms with Gasteiger partial charge < -0.3 is 0 Å². The number of benzene rings is 1. The van der Waals surface area contributed by atoms with Crippen LogP contribution in [0.25, 0.3) is 0 Å². The van der Waals surface area contributed by atoms with Gasteiger partial charge in [-0.2, -0.15) is 8.42 Å². The van der Waals surface area contributed by atoms with Gasteiger partial charge in [-0.05, 0) is 24.3 Å². The molecule has 20 heavy (non-hydrogen) atoms. The van der Waals surface area contributed by atoms with Gasteiger partial charge in [0.15, 0.2) is 5.82 Å². The van der Waals surface area contributed by atoms with E-state index in [4.69, 9.17) is 0 Å². The highest BCUT2D eigenvalue weighted by Gasteiger charge is 2.31. The molecule has 6 heteroatoms. The summed E-state index contributed by atoms with van der Waals surface area (Å²) in [6, 6.07) is 12.6. The van der Waals surface area contributed by atoms with Gasteiger partial charge in [0.2, 0.25) is 0 Å². The lowest BCUT2D eigenvalue weighted by Gasteiger charge is -2.29. The van der Waals surface area contributed by atoms with Crippen molar-refractivity contribution in [2.75, 3.05) is 4.90 Å². The monoisotopic (exact) mass is 287 g/mol. The number of para-hydroxylation sites is 1. The lowest BCUT2D eigenvalue weighted by atomic mass is 10.2. The minimum Gasteiger partial charge on any atom is -0.281 e. The third-order valence-corrected chi connectivity index (χ3v) is 4.38. The van der Waals surface area contributed by atoms with Crippen LogP contribution >= 0.6 is 0 Å². The van der Waals surface area contributed by atoms with Crippen molar-refractivity contribution < 1.29 is 8.42 Å². The zero-order valence-electron chi connectivity index (χ0n) is 10.9. The quantitative estimate of drug-likeness (QED) is 0.852. The molecule has 1 aromatic heterocycles. The van der Waals surface area contributed by atoms with Crippen LogP contribution in [0.5, 0.6) is 0 Å². The van der Waals surface area contributed by atoms with E-state index in [0.29, 0.717) is 18.1 Å². The number of amidine groups is 1. The first-order chi connectivity index (χ1) is 9.63. The van der Waals surface area contributed by atoms with Crippen molar-refractivity contribution in [3.05, 3.63) is 48.7 Å². The molecule has 0 saturated heterocycles. The minimum atomic E-state index is -3.66. The number of aromatic nitrogens is 1. The lowest BCUT2D eigenvalue weighted by molar-refractivity contribution is 0.596. The molecule has 0 bridgehead atoms. The summed E-state index contributed by atoms with van der Waals surface area (Å²) in [5.74, 6) is 0.882. The third kappa shape index (κ3) is 1.98. The Morgan fingerprint density at radius 3 is 2.55 bits per heavy atom. The van der Waals surface area contributed by atoms with Crippen LogP contribution in [0, 0.1) is 0 Å². The Balaban J connectivity index is 2.28. The predicted octanol–water partition coefficient (Wildman–Crippen LogP) is 2.73. The van der Waals surface area contributed by atoms with Gasteiger partial charge in [0.25, 0.3) is 10.0 Å². The van der Waals surface area contributed by atoms with Crippen molar-refractivity contribution in [3.63, 3.8) is 0 Å². The summed E-state index contributed by atoms with van der Waals surface area (Å²) in [5, 5.41) is 0. The van der Waals surface area contributed by atoms with E-state index in [9.17, 15) is 8.42 Å². The zero-order valence-corrected chi connectivity index (χ0v) is 11.7. The van der Waals surface area contributed by atoms with Crippen molar-refractivity contribution in [3.8, 4) is 0 Å². The standard InChI is InChI=1S/C14H13N3O2S/c1-2-13-16-20(18,19)12-9-6-10-15-14(12)17(13)11-7-4-3-5-8-11/h3-10H,2H2,1H3. The molecule has 0 saturated carbocycles. The molecule has 0 radical (unpaired) electrons. The van der Waals surface area contributed by atoms with Gasteiger partial charge in [-0.1, -0.05) is 25.1 Å². The number of hydrogen-bond acceptors (Lipinski definition) is 4. The van der Waals surface area contributed by atoms with Crippen molar-refractivity contribution >= 4 is 27.4 Å². The van der Waals surface area contributed by atoms with Crippen LogP contribution in [0.4, 0.5) is 11.5 Å². The smallest absolute Gasteiger partial charge is 0.281 e. The van der Waals surface area contributed by atoms with Crippen molar-refractivity contribution in [1.29, 1.82) is 0 Å². The van der Waals surface area contributed by atoms with Gasteiger partial charge in [-0.25, -0.2) is 4.98 Å². The van der Waals surface area contributed by atoms with Crippen LogP contribution in [-0.2, 0) is 10.0 Å². The van der Waals surface area contributed by atoms with Crippen molar-refractivity contribution in [2.24, 2.45) is 4.40 Å². The summed E-state index contributed by atoms with van der Waals surface area (Å²) in [4.78, 5) is 6.16. The Hall–Kier alpha value is -2.21. The summed E-state index contributed by atoms with van der Waals surface area (Å²) in [6.07, 6.45) is 2.09. The van der Waals surface area contributed by atoms with E-state index in [1.54, 1.807) is 17.2 Å². The first-order valence-electron chi connectivity index (χ1n) is 6.27. The highest BCUT2D eigenvalue weighted by atomic mass is 32.2. The van der Waals surface area contributed by atoms with Gasteiger partial charge in [-0.3, -0.25) is 4.90 Å². The molecule has 102 valence electrons. The Kier molecular flexibility index (Phi) is 3.02. The second-order valence-corrected chi connectivity index (χ2v) is 5.90. The zero-order chi connectivity index (χ0) is 14.2. The Morgan fingerprint density at radius 2 is 1.85 bits per heavy atom. The molecule has 1 aromatic carbocycles. The Labute approximate surface area is 117 Å². The number of rotatable bonds is 2. The van der Waals surface area contributed by atoms with E-state index in [1.807, 2.05) is 37.3 Å². The molecule has 0 atom stereocenters. The van der Waals surface area contributed by atoms with E-state index in [0.717, 1.165) is 5.69 Å². The topological polar surface area (TPSA) is 62.6 Å². The molecular formula is C14H13N3O2S. The fraction of sp³-hybridized carbons (Fsp3) is 0.143. The minimum absolute atomic E-state index is 0.140. The molecule has 2 aromatic rings. The average molecular weight is 287 g/mol. The first kappa shape index (κ1) is 12.8. The molecular weight excluding hydrogens is 274 g/mol. The summed E-state index contributed by atoms with van der Waals surface area (Å²) >= 11 is 0. The van der Waals surface area contributed by atoms with Crippen molar-refractivity contribution in [2.45, 2.75) is 18.2 Å². The molecule has 0 fully saturated rings. The average Bonchev–Trinajstić information content (AvgIpc) is 2.47. The predicted molar refractivity (Wildman–Crippen MR) is 77.7 cm³/mol. The summed E-state index contributed by atoms with van der Waals surface area (Å²) in [6.45, 7) is 1.87. The molecule has 0 N–H and O–H groups in total. The summed E-state index contributed by atoms with van der Waals surface area (Å²) in [7, 11) is -3.66. The first-order valence-corrected chi connectivity index (χ1v) is 7.71. The number of fused-ring (bicyclic) bond motifs is 1. The maximum atomic E-state index is 12.2. The molecule has 2 heterocycles. The van der Waals surface area contributed by atoms with Crippen LogP contribution in [-0.4, -0.2) is 19.2 Å². The highest BCUT2D eigenvalue weighted by Crippen LogP contribution is 2.35. The van der Waals surface area contributed by atoms with Crippen LogP contribution < -0.4 is 4.90 Å².